The Hall–Kier alpha value is -1.54. The molecule has 0 fully saturated rings. The predicted octanol–water partition coefficient (Wildman–Crippen LogP) is 2.67. The van der Waals surface area contributed by atoms with Crippen molar-refractivity contribution in [2.75, 3.05) is 0 Å². The standard InChI is InChI=1S/C10H18O8/c1-5-7(3)13-9(11)16-18-17-10(12)15-14-8(4)6-2/h7-8H,5-6H2,1-4H3. The zero-order chi connectivity index (χ0) is 14.0. The summed E-state index contributed by atoms with van der Waals surface area (Å²) in [7, 11) is 0. The highest BCUT2D eigenvalue weighted by Gasteiger charge is 2.14. The lowest BCUT2D eigenvalue weighted by Crippen LogP contribution is -2.18. The van der Waals surface area contributed by atoms with Crippen molar-refractivity contribution in [1.29, 1.82) is 0 Å². The van der Waals surface area contributed by atoms with Gasteiger partial charge >= 0.3 is 12.3 Å². The molecule has 0 heterocycles. The Morgan fingerprint density at radius 1 is 0.889 bits per heavy atom. The molecule has 0 aliphatic rings. The van der Waals surface area contributed by atoms with Crippen LogP contribution in [-0.4, -0.2) is 24.5 Å². The fourth-order valence-electron chi connectivity index (χ4n) is 0.543. The molecule has 0 saturated carbocycles. The number of carbonyl (C=O) groups is 2. The van der Waals surface area contributed by atoms with E-state index in [-0.39, 0.29) is 12.2 Å². The van der Waals surface area contributed by atoms with Crippen LogP contribution in [0, 0.1) is 0 Å². The summed E-state index contributed by atoms with van der Waals surface area (Å²) in [6.07, 6.45) is -1.78. The van der Waals surface area contributed by atoms with Crippen molar-refractivity contribution in [3.05, 3.63) is 0 Å². The van der Waals surface area contributed by atoms with Gasteiger partial charge in [0, 0.05) is 0 Å². The van der Waals surface area contributed by atoms with E-state index in [1.165, 1.54) is 0 Å². The van der Waals surface area contributed by atoms with E-state index >= 15 is 0 Å². The number of hydrogen-bond donors (Lipinski definition) is 0. The summed E-state index contributed by atoms with van der Waals surface area (Å²) >= 11 is 0. The highest BCUT2D eigenvalue weighted by molar-refractivity contribution is 5.60. The van der Waals surface area contributed by atoms with Crippen molar-refractivity contribution in [3.63, 3.8) is 0 Å². The predicted molar refractivity (Wildman–Crippen MR) is 56.8 cm³/mol. The second kappa shape index (κ2) is 9.49. The second-order valence-corrected chi connectivity index (χ2v) is 3.47. The fourth-order valence-corrected chi connectivity index (χ4v) is 0.543. The average molecular weight is 266 g/mol. The van der Waals surface area contributed by atoms with Gasteiger partial charge < -0.3 is 4.74 Å². The van der Waals surface area contributed by atoms with Crippen LogP contribution in [0.2, 0.25) is 0 Å². The third kappa shape index (κ3) is 8.59. The van der Waals surface area contributed by atoms with Crippen LogP contribution in [0.1, 0.15) is 40.5 Å². The van der Waals surface area contributed by atoms with Gasteiger partial charge in [0.25, 0.3) is 0 Å². The van der Waals surface area contributed by atoms with Crippen LogP contribution in [0.15, 0.2) is 0 Å². The summed E-state index contributed by atoms with van der Waals surface area (Å²) in [6, 6.07) is 0. The minimum atomic E-state index is -1.30. The molecule has 0 aromatic carbocycles. The molecule has 106 valence electrons. The molecular formula is C10H18O8. The quantitative estimate of drug-likeness (QED) is 0.394. The Labute approximate surface area is 105 Å². The molecule has 0 rings (SSSR count). The molecule has 0 N–H and O–H groups in total. The van der Waals surface area contributed by atoms with E-state index in [9.17, 15) is 9.59 Å². The highest BCUT2D eigenvalue weighted by atomic mass is 17.5. The zero-order valence-corrected chi connectivity index (χ0v) is 10.8. The van der Waals surface area contributed by atoms with Gasteiger partial charge in [-0.05, 0) is 26.7 Å². The number of rotatable bonds is 7. The first-order valence-electron chi connectivity index (χ1n) is 5.58. The third-order valence-corrected chi connectivity index (χ3v) is 1.93. The van der Waals surface area contributed by atoms with E-state index in [1.54, 1.807) is 13.8 Å². The Balaban J connectivity index is 3.59. The van der Waals surface area contributed by atoms with E-state index in [4.69, 9.17) is 0 Å². The third-order valence-electron chi connectivity index (χ3n) is 1.93. The number of carbonyl (C=O) groups excluding carboxylic acids is 2. The van der Waals surface area contributed by atoms with Gasteiger partial charge in [-0.15, -0.1) is 0 Å². The van der Waals surface area contributed by atoms with E-state index in [2.05, 4.69) is 29.3 Å². The van der Waals surface area contributed by atoms with Crippen LogP contribution < -0.4 is 0 Å². The molecule has 0 aliphatic heterocycles. The first-order valence-corrected chi connectivity index (χ1v) is 5.58. The molecule has 0 spiro atoms. The first kappa shape index (κ1) is 16.5. The molecule has 0 amide bonds. The van der Waals surface area contributed by atoms with Gasteiger partial charge in [-0.25, -0.2) is 14.6 Å². The van der Waals surface area contributed by atoms with Gasteiger partial charge in [0.2, 0.25) is 0 Å². The zero-order valence-electron chi connectivity index (χ0n) is 10.8. The van der Waals surface area contributed by atoms with Crippen molar-refractivity contribution >= 4 is 12.3 Å². The van der Waals surface area contributed by atoms with Crippen molar-refractivity contribution in [2.24, 2.45) is 0 Å². The van der Waals surface area contributed by atoms with Crippen molar-refractivity contribution < 1.29 is 38.9 Å². The van der Waals surface area contributed by atoms with E-state index in [0.717, 1.165) is 0 Å². The molecule has 0 bridgehead atoms. The molecular weight excluding hydrogens is 248 g/mol. The Morgan fingerprint density at radius 3 is 2.00 bits per heavy atom. The molecule has 0 aromatic rings. The van der Waals surface area contributed by atoms with Crippen LogP contribution in [0.25, 0.3) is 0 Å². The maximum atomic E-state index is 10.9. The van der Waals surface area contributed by atoms with Gasteiger partial charge in [0.1, 0.15) is 12.2 Å². The lowest BCUT2D eigenvalue weighted by atomic mass is 10.3. The van der Waals surface area contributed by atoms with Crippen molar-refractivity contribution in [2.45, 2.75) is 52.7 Å². The van der Waals surface area contributed by atoms with Gasteiger partial charge in [-0.2, -0.15) is 9.68 Å². The lowest BCUT2D eigenvalue weighted by Gasteiger charge is -2.09. The Kier molecular flexibility index (Phi) is 8.67. The topological polar surface area (TPSA) is 89.5 Å². The maximum Gasteiger partial charge on any atom is 0.575 e. The van der Waals surface area contributed by atoms with Crippen LogP contribution >= 0.6 is 0 Å². The highest BCUT2D eigenvalue weighted by Crippen LogP contribution is 2.01. The van der Waals surface area contributed by atoms with E-state index in [1.807, 2.05) is 13.8 Å². The lowest BCUT2D eigenvalue weighted by molar-refractivity contribution is -0.470. The molecule has 18 heavy (non-hydrogen) atoms. The monoisotopic (exact) mass is 266 g/mol. The van der Waals surface area contributed by atoms with Crippen LogP contribution in [-0.2, 0) is 29.3 Å². The Bertz CT molecular complexity index is 254. The average Bonchev–Trinajstić information content (AvgIpc) is 2.35. The summed E-state index contributed by atoms with van der Waals surface area (Å²) in [5.74, 6) is 0. The van der Waals surface area contributed by atoms with E-state index < -0.39 is 12.3 Å². The fraction of sp³-hybridized carbons (Fsp3) is 0.800. The van der Waals surface area contributed by atoms with Gasteiger partial charge in [-0.3, -0.25) is 4.89 Å². The number of hydrogen-bond acceptors (Lipinski definition) is 8. The van der Waals surface area contributed by atoms with Crippen LogP contribution in [0.3, 0.4) is 0 Å². The molecule has 2 unspecified atom stereocenters. The minimum Gasteiger partial charge on any atom is -0.429 e. The summed E-state index contributed by atoms with van der Waals surface area (Å²) < 4.78 is 4.65. The molecule has 8 heteroatoms. The smallest absolute Gasteiger partial charge is 0.429 e. The summed E-state index contributed by atoms with van der Waals surface area (Å²) in [5.41, 5.74) is 0. The molecule has 0 saturated heterocycles. The molecule has 8 nitrogen and oxygen atoms in total. The first-order chi connectivity index (χ1) is 8.49. The Morgan fingerprint density at radius 2 is 1.44 bits per heavy atom. The molecule has 0 aromatic heterocycles. The summed E-state index contributed by atoms with van der Waals surface area (Å²) in [6.45, 7) is 7.01. The van der Waals surface area contributed by atoms with Gasteiger partial charge in [-0.1, -0.05) is 13.8 Å². The van der Waals surface area contributed by atoms with Gasteiger partial charge in [0.05, 0.1) is 5.04 Å². The SMILES string of the molecule is CCC(C)OOC(=O)OOOC(=O)OC(C)CC. The van der Waals surface area contributed by atoms with Crippen molar-refractivity contribution in [3.8, 4) is 0 Å². The molecule has 0 radical (unpaired) electrons. The second-order valence-electron chi connectivity index (χ2n) is 3.47. The van der Waals surface area contributed by atoms with E-state index in [0.29, 0.717) is 12.8 Å². The van der Waals surface area contributed by atoms with Crippen LogP contribution in [0.4, 0.5) is 9.59 Å². The number of ether oxygens (including phenoxy) is 1. The minimum absolute atomic E-state index is 0.283. The normalized spacial score (nSPS) is 13.3. The molecule has 0 aliphatic carbocycles. The van der Waals surface area contributed by atoms with Crippen molar-refractivity contribution in [1.82, 2.24) is 0 Å². The molecule has 2 atom stereocenters. The van der Waals surface area contributed by atoms with Crippen LogP contribution in [0.5, 0.6) is 0 Å². The van der Waals surface area contributed by atoms with Gasteiger partial charge in [0.15, 0.2) is 0 Å². The maximum absolute atomic E-state index is 10.9. The summed E-state index contributed by atoms with van der Waals surface area (Å²) in [5, 5.41) is 3.84. The largest absolute Gasteiger partial charge is 0.575 e. The summed E-state index contributed by atoms with van der Waals surface area (Å²) in [4.78, 5) is 38.3.